The molecule has 3 aliphatic rings. The highest BCUT2D eigenvalue weighted by molar-refractivity contribution is 7.99. The summed E-state index contributed by atoms with van der Waals surface area (Å²) in [6.45, 7) is 7.25. The van der Waals surface area contributed by atoms with E-state index in [2.05, 4.69) is 26.9 Å². The van der Waals surface area contributed by atoms with Gasteiger partial charge in [0.2, 0.25) is 5.91 Å². The van der Waals surface area contributed by atoms with Gasteiger partial charge in [0.05, 0.1) is 11.9 Å². The fourth-order valence-electron chi connectivity index (χ4n) is 4.24. The smallest absolute Gasteiger partial charge is 0.251 e. The molecular weight excluding hydrogens is 386 g/mol. The van der Waals surface area contributed by atoms with E-state index in [0.29, 0.717) is 18.0 Å². The summed E-state index contributed by atoms with van der Waals surface area (Å²) in [5.74, 6) is 2.32. The minimum atomic E-state index is -0.0991. The molecule has 8 heteroatoms. The van der Waals surface area contributed by atoms with Crippen molar-refractivity contribution in [3.63, 3.8) is 0 Å². The largest absolute Gasteiger partial charge is 0.352 e. The van der Waals surface area contributed by atoms with Crippen LogP contribution in [-0.2, 0) is 11.3 Å². The third-order valence-electron chi connectivity index (χ3n) is 5.94. The lowest BCUT2D eigenvalue weighted by Gasteiger charge is -2.27. The summed E-state index contributed by atoms with van der Waals surface area (Å²) in [6, 6.07) is 7.83. The Hall–Kier alpha value is -1.61. The normalized spacial score (nSPS) is 25.3. The Morgan fingerprint density at radius 2 is 2.07 bits per heavy atom. The Bertz CT molecular complexity index is 719. The summed E-state index contributed by atoms with van der Waals surface area (Å²) >= 11 is 1.81. The molecule has 2 atom stereocenters. The van der Waals surface area contributed by atoms with Crippen molar-refractivity contribution in [3.8, 4) is 0 Å². The van der Waals surface area contributed by atoms with Gasteiger partial charge in [0.15, 0.2) is 0 Å². The molecule has 1 aromatic rings. The second kappa shape index (κ2) is 9.93. The molecule has 0 saturated carbocycles. The first kappa shape index (κ1) is 20.7. The zero-order valence-electron chi connectivity index (χ0n) is 16.9. The number of rotatable bonds is 6. The van der Waals surface area contributed by atoms with Crippen LogP contribution in [0.15, 0.2) is 24.3 Å². The van der Waals surface area contributed by atoms with E-state index in [9.17, 15) is 9.59 Å². The lowest BCUT2D eigenvalue weighted by molar-refractivity contribution is -0.131. The van der Waals surface area contributed by atoms with E-state index < -0.39 is 0 Å². The molecule has 7 nitrogen and oxygen atoms in total. The summed E-state index contributed by atoms with van der Waals surface area (Å²) in [5, 5.41) is 9.77. The Morgan fingerprint density at radius 1 is 1.21 bits per heavy atom. The van der Waals surface area contributed by atoms with Crippen LogP contribution in [0.2, 0.25) is 0 Å². The predicted octanol–water partition coefficient (Wildman–Crippen LogP) is 0.333. The summed E-state index contributed by atoms with van der Waals surface area (Å²) in [4.78, 5) is 29.5. The van der Waals surface area contributed by atoms with E-state index in [4.69, 9.17) is 0 Å². The number of carbonyl (C=O) groups excluding carboxylic acids is 2. The third kappa shape index (κ3) is 5.51. The molecule has 0 spiro atoms. The molecule has 0 aromatic heterocycles. The second-order valence-electron chi connectivity index (χ2n) is 8.14. The van der Waals surface area contributed by atoms with Gasteiger partial charge >= 0.3 is 0 Å². The maximum atomic E-state index is 12.6. The van der Waals surface area contributed by atoms with E-state index >= 15 is 0 Å². The zero-order valence-corrected chi connectivity index (χ0v) is 17.7. The Balaban J connectivity index is 1.24. The monoisotopic (exact) mass is 417 g/mol. The van der Waals surface area contributed by atoms with Crippen LogP contribution in [0, 0.1) is 5.92 Å². The lowest BCUT2D eigenvalue weighted by Crippen LogP contribution is -2.42. The highest BCUT2D eigenvalue weighted by atomic mass is 32.2. The molecule has 3 aliphatic heterocycles. The lowest BCUT2D eigenvalue weighted by atomic mass is 10.0. The van der Waals surface area contributed by atoms with Crippen molar-refractivity contribution in [3.05, 3.63) is 35.4 Å². The van der Waals surface area contributed by atoms with E-state index in [1.54, 1.807) is 0 Å². The summed E-state index contributed by atoms with van der Waals surface area (Å²) in [6.07, 6.45) is 0.795. The zero-order chi connectivity index (χ0) is 20.1. The summed E-state index contributed by atoms with van der Waals surface area (Å²) in [5.41, 5.74) is 1.89. The van der Waals surface area contributed by atoms with E-state index in [-0.39, 0.29) is 17.9 Å². The molecule has 3 heterocycles. The number of hydrogen-bond donors (Lipinski definition) is 3. The maximum absolute atomic E-state index is 12.6. The Morgan fingerprint density at radius 3 is 2.86 bits per heavy atom. The first-order chi connectivity index (χ1) is 14.2. The van der Waals surface area contributed by atoms with Crippen molar-refractivity contribution >= 4 is 23.6 Å². The molecule has 158 valence electrons. The van der Waals surface area contributed by atoms with Crippen molar-refractivity contribution in [1.82, 2.24) is 25.8 Å². The average molecular weight is 418 g/mol. The number of benzene rings is 1. The van der Waals surface area contributed by atoms with Crippen LogP contribution < -0.4 is 16.0 Å². The Kier molecular flexibility index (Phi) is 7.07. The molecule has 2 unspecified atom stereocenters. The predicted molar refractivity (Wildman–Crippen MR) is 116 cm³/mol. The van der Waals surface area contributed by atoms with Crippen molar-refractivity contribution in [2.45, 2.75) is 19.0 Å². The molecule has 2 amide bonds. The molecule has 0 bridgehead atoms. The Labute approximate surface area is 177 Å². The van der Waals surface area contributed by atoms with Crippen molar-refractivity contribution < 1.29 is 9.59 Å². The SMILES string of the molecule is O=C(NCC1CNC(C(=O)N2CCSC2)C1)c1cccc(CN2CCNCC2)c1. The number of amides is 2. The number of nitrogens with one attached hydrogen (secondary N) is 3. The molecule has 29 heavy (non-hydrogen) atoms. The molecule has 3 fully saturated rings. The number of thioether (sulfide) groups is 1. The minimum absolute atomic E-state index is 0.0297. The first-order valence-corrected chi connectivity index (χ1v) is 11.7. The number of nitrogens with zero attached hydrogens (tertiary/aromatic N) is 2. The van der Waals surface area contributed by atoms with Gasteiger partial charge in [-0.1, -0.05) is 12.1 Å². The van der Waals surface area contributed by atoms with Gasteiger partial charge in [0, 0.05) is 63.7 Å². The van der Waals surface area contributed by atoms with E-state index in [1.807, 2.05) is 34.9 Å². The van der Waals surface area contributed by atoms with Gasteiger partial charge in [-0.05, 0) is 30.0 Å². The van der Waals surface area contributed by atoms with Gasteiger partial charge in [-0.3, -0.25) is 14.5 Å². The van der Waals surface area contributed by atoms with E-state index in [1.165, 1.54) is 5.56 Å². The third-order valence-corrected chi connectivity index (χ3v) is 6.91. The standard InChI is InChI=1S/C21H31N5O2S/c27-20(18-3-1-2-16(10-18)14-25-6-4-22-5-7-25)24-13-17-11-19(23-12-17)21(28)26-8-9-29-15-26/h1-3,10,17,19,22-23H,4-9,11-15H2,(H,24,27). The quantitative estimate of drug-likeness (QED) is 0.620. The van der Waals surface area contributed by atoms with Gasteiger partial charge in [-0.15, -0.1) is 11.8 Å². The molecule has 3 N–H and O–H groups in total. The average Bonchev–Trinajstić information content (AvgIpc) is 3.45. The van der Waals surface area contributed by atoms with Crippen molar-refractivity contribution in [2.75, 3.05) is 57.4 Å². The van der Waals surface area contributed by atoms with Crippen LogP contribution in [0.4, 0.5) is 0 Å². The van der Waals surface area contributed by atoms with Gasteiger partial charge in [0.25, 0.3) is 5.91 Å². The maximum Gasteiger partial charge on any atom is 0.251 e. The highest BCUT2D eigenvalue weighted by Crippen LogP contribution is 2.20. The van der Waals surface area contributed by atoms with Crippen LogP contribution in [0.3, 0.4) is 0 Å². The van der Waals surface area contributed by atoms with Gasteiger partial charge in [0.1, 0.15) is 0 Å². The molecule has 1 aromatic carbocycles. The van der Waals surface area contributed by atoms with E-state index in [0.717, 1.165) is 63.9 Å². The van der Waals surface area contributed by atoms with Crippen LogP contribution >= 0.6 is 11.8 Å². The van der Waals surface area contributed by atoms with Crippen LogP contribution in [0.1, 0.15) is 22.3 Å². The van der Waals surface area contributed by atoms with Crippen LogP contribution in [0.25, 0.3) is 0 Å². The molecular formula is C21H31N5O2S. The summed E-state index contributed by atoms with van der Waals surface area (Å²) < 4.78 is 0. The fraction of sp³-hybridized carbons (Fsp3) is 0.619. The van der Waals surface area contributed by atoms with Crippen LogP contribution in [-0.4, -0.2) is 85.1 Å². The van der Waals surface area contributed by atoms with Gasteiger partial charge in [-0.25, -0.2) is 0 Å². The highest BCUT2D eigenvalue weighted by Gasteiger charge is 2.33. The molecule has 4 rings (SSSR count). The number of piperazine rings is 1. The van der Waals surface area contributed by atoms with Crippen LogP contribution in [0.5, 0.6) is 0 Å². The number of hydrogen-bond acceptors (Lipinski definition) is 6. The van der Waals surface area contributed by atoms with Crippen molar-refractivity contribution in [2.24, 2.45) is 5.92 Å². The molecule has 3 saturated heterocycles. The van der Waals surface area contributed by atoms with Gasteiger partial charge < -0.3 is 20.9 Å². The first-order valence-electron chi connectivity index (χ1n) is 10.6. The second-order valence-corrected chi connectivity index (χ2v) is 9.21. The minimum Gasteiger partial charge on any atom is -0.352 e. The topological polar surface area (TPSA) is 76.7 Å². The molecule has 0 aliphatic carbocycles. The van der Waals surface area contributed by atoms with Crippen molar-refractivity contribution in [1.29, 1.82) is 0 Å². The number of carbonyl (C=O) groups is 2. The fourth-order valence-corrected chi connectivity index (χ4v) is 5.19. The molecule has 0 radical (unpaired) electrons. The van der Waals surface area contributed by atoms with Gasteiger partial charge in [-0.2, -0.15) is 0 Å². The summed E-state index contributed by atoms with van der Waals surface area (Å²) in [7, 11) is 0.